The van der Waals surface area contributed by atoms with Gasteiger partial charge in [0.15, 0.2) is 5.13 Å². The molecule has 2 aliphatic rings. The first-order chi connectivity index (χ1) is 12.3. The SMILES string of the molecule is Cc1csc(N2CCN(c3ncnc4sc5c(c34)CCCC5)CC2)n1. The molecular weight excluding hydrogens is 350 g/mol. The number of hydrogen-bond acceptors (Lipinski definition) is 7. The van der Waals surface area contributed by atoms with Gasteiger partial charge in [-0.25, -0.2) is 15.0 Å². The number of fused-ring (bicyclic) bond motifs is 3. The highest BCUT2D eigenvalue weighted by Gasteiger charge is 2.25. The number of thiazole rings is 1. The Balaban J connectivity index is 1.43. The first-order valence-corrected chi connectivity index (χ1v) is 10.7. The average Bonchev–Trinajstić information content (AvgIpc) is 3.25. The van der Waals surface area contributed by atoms with Crippen LogP contribution in [0.1, 0.15) is 29.0 Å². The van der Waals surface area contributed by atoms with Crippen molar-refractivity contribution in [2.75, 3.05) is 36.0 Å². The average molecular weight is 372 g/mol. The molecule has 0 saturated carbocycles. The van der Waals surface area contributed by atoms with E-state index >= 15 is 0 Å². The van der Waals surface area contributed by atoms with Crippen LogP contribution in [0.3, 0.4) is 0 Å². The van der Waals surface area contributed by atoms with Crippen LogP contribution >= 0.6 is 22.7 Å². The first-order valence-electron chi connectivity index (χ1n) is 8.97. The summed E-state index contributed by atoms with van der Waals surface area (Å²) < 4.78 is 0. The zero-order valence-electron chi connectivity index (χ0n) is 14.4. The van der Waals surface area contributed by atoms with Crippen LogP contribution in [0.2, 0.25) is 0 Å². The third kappa shape index (κ3) is 2.69. The summed E-state index contributed by atoms with van der Waals surface area (Å²) in [6, 6.07) is 0. The Bertz CT molecular complexity index is 907. The van der Waals surface area contributed by atoms with Gasteiger partial charge in [-0.1, -0.05) is 0 Å². The van der Waals surface area contributed by atoms with E-state index in [2.05, 4.69) is 32.1 Å². The van der Waals surface area contributed by atoms with Crippen molar-refractivity contribution >= 4 is 43.8 Å². The molecule has 5 nitrogen and oxygen atoms in total. The van der Waals surface area contributed by atoms with E-state index in [4.69, 9.17) is 4.98 Å². The zero-order chi connectivity index (χ0) is 16.8. The lowest BCUT2D eigenvalue weighted by atomic mass is 9.97. The Morgan fingerprint density at radius 1 is 1.00 bits per heavy atom. The first kappa shape index (κ1) is 15.5. The quantitative estimate of drug-likeness (QED) is 0.688. The van der Waals surface area contributed by atoms with Gasteiger partial charge in [0.1, 0.15) is 17.0 Å². The van der Waals surface area contributed by atoms with E-state index in [1.807, 2.05) is 11.3 Å². The summed E-state index contributed by atoms with van der Waals surface area (Å²) in [7, 11) is 0. The van der Waals surface area contributed by atoms with Crippen LogP contribution in [0.4, 0.5) is 10.9 Å². The molecule has 130 valence electrons. The number of hydrogen-bond donors (Lipinski definition) is 0. The van der Waals surface area contributed by atoms with Crippen molar-refractivity contribution in [2.45, 2.75) is 32.6 Å². The molecule has 3 aromatic heterocycles. The molecule has 3 aromatic rings. The third-order valence-corrected chi connectivity index (χ3v) is 7.41. The second kappa shape index (κ2) is 6.21. The zero-order valence-corrected chi connectivity index (χ0v) is 16.0. The van der Waals surface area contributed by atoms with Crippen molar-refractivity contribution in [3.05, 3.63) is 27.8 Å². The molecule has 1 aliphatic carbocycles. The Labute approximate surface area is 155 Å². The summed E-state index contributed by atoms with van der Waals surface area (Å²) in [5.74, 6) is 1.15. The summed E-state index contributed by atoms with van der Waals surface area (Å²) >= 11 is 3.63. The number of piperazine rings is 1. The fraction of sp³-hybridized carbons (Fsp3) is 0.500. The molecule has 4 heterocycles. The molecule has 0 radical (unpaired) electrons. The molecule has 1 fully saturated rings. The highest BCUT2D eigenvalue weighted by atomic mass is 32.1. The minimum atomic E-state index is 0.995. The molecule has 0 amide bonds. The lowest BCUT2D eigenvalue weighted by molar-refractivity contribution is 0.646. The number of thiophene rings is 1. The normalized spacial score (nSPS) is 18.0. The van der Waals surface area contributed by atoms with Crippen LogP contribution in [0.25, 0.3) is 10.2 Å². The fourth-order valence-electron chi connectivity index (χ4n) is 3.91. The van der Waals surface area contributed by atoms with Gasteiger partial charge in [0.25, 0.3) is 0 Å². The molecule has 0 N–H and O–H groups in total. The molecule has 0 unspecified atom stereocenters. The van der Waals surface area contributed by atoms with Crippen molar-refractivity contribution in [2.24, 2.45) is 0 Å². The predicted octanol–water partition coefficient (Wildman–Crippen LogP) is 3.66. The fourth-order valence-corrected chi connectivity index (χ4v) is 5.99. The standard InChI is InChI=1S/C18H21N5S2/c1-12-10-24-18(21-12)23-8-6-22(7-9-23)16-15-13-4-2-3-5-14(13)25-17(15)20-11-19-16/h10-11H,2-9H2,1H3. The highest BCUT2D eigenvalue weighted by molar-refractivity contribution is 7.19. The monoisotopic (exact) mass is 371 g/mol. The summed E-state index contributed by atoms with van der Waals surface area (Å²) in [4.78, 5) is 21.5. The van der Waals surface area contributed by atoms with Gasteiger partial charge in [-0.2, -0.15) is 0 Å². The lowest BCUT2D eigenvalue weighted by Gasteiger charge is -2.35. The lowest BCUT2D eigenvalue weighted by Crippen LogP contribution is -2.47. The summed E-state index contributed by atoms with van der Waals surface area (Å²) in [6.45, 7) is 6.06. The van der Waals surface area contributed by atoms with Crippen LogP contribution < -0.4 is 9.80 Å². The molecule has 0 atom stereocenters. The summed E-state index contributed by atoms with van der Waals surface area (Å²) in [6.07, 6.45) is 6.76. The maximum Gasteiger partial charge on any atom is 0.185 e. The van der Waals surface area contributed by atoms with Gasteiger partial charge < -0.3 is 9.80 Å². The van der Waals surface area contributed by atoms with Crippen LogP contribution in [0.5, 0.6) is 0 Å². The van der Waals surface area contributed by atoms with E-state index in [1.165, 1.54) is 41.5 Å². The molecule has 1 saturated heterocycles. The van der Waals surface area contributed by atoms with Crippen molar-refractivity contribution in [1.29, 1.82) is 0 Å². The molecule has 25 heavy (non-hydrogen) atoms. The minimum Gasteiger partial charge on any atom is -0.352 e. The van der Waals surface area contributed by atoms with Crippen molar-refractivity contribution in [3.8, 4) is 0 Å². The van der Waals surface area contributed by atoms with Crippen molar-refractivity contribution in [1.82, 2.24) is 15.0 Å². The van der Waals surface area contributed by atoms with Crippen LogP contribution in [-0.4, -0.2) is 41.1 Å². The molecular formula is C18H21N5S2. The second-order valence-electron chi connectivity index (χ2n) is 6.83. The molecule has 5 rings (SSSR count). The van der Waals surface area contributed by atoms with E-state index < -0.39 is 0 Å². The van der Waals surface area contributed by atoms with Crippen LogP contribution in [-0.2, 0) is 12.8 Å². The maximum atomic E-state index is 4.70. The van der Waals surface area contributed by atoms with Crippen LogP contribution in [0.15, 0.2) is 11.7 Å². The van der Waals surface area contributed by atoms with E-state index in [1.54, 1.807) is 22.5 Å². The molecule has 7 heteroatoms. The molecule has 0 bridgehead atoms. The van der Waals surface area contributed by atoms with Gasteiger partial charge in [-0.3, -0.25) is 0 Å². The van der Waals surface area contributed by atoms with E-state index in [9.17, 15) is 0 Å². The Hall–Kier alpha value is -1.73. The summed E-state index contributed by atoms with van der Waals surface area (Å²) in [5.41, 5.74) is 2.64. The number of aromatic nitrogens is 3. The number of aryl methyl sites for hydroxylation is 3. The largest absolute Gasteiger partial charge is 0.352 e. The van der Waals surface area contributed by atoms with E-state index in [0.717, 1.165) is 42.8 Å². The molecule has 1 aliphatic heterocycles. The van der Waals surface area contributed by atoms with Crippen molar-refractivity contribution < 1.29 is 0 Å². The molecule has 0 aromatic carbocycles. The Morgan fingerprint density at radius 2 is 1.80 bits per heavy atom. The predicted molar refractivity (Wildman–Crippen MR) is 105 cm³/mol. The van der Waals surface area contributed by atoms with Gasteiger partial charge in [-0.15, -0.1) is 22.7 Å². The molecule has 0 spiro atoms. The Kier molecular flexibility index (Phi) is 3.86. The number of nitrogens with zero attached hydrogens (tertiary/aromatic N) is 5. The third-order valence-electron chi connectivity index (χ3n) is 5.19. The van der Waals surface area contributed by atoms with Crippen LogP contribution in [0, 0.1) is 6.92 Å². The van der Waals surface area contributed by atoms with Gasteiger partial charge in [0.2, 0.25) is 0 Å². The van der Waals surface area contributed by atoms with E-state index in [-0.39, 0.29) is 0 Å². The van der Waals surface area contributed by atoms with Gasteiger partial charge >= 0.3 is 0 Å². The Morgan fingerprint density at radius 3 is 2.60 bits per heavy atom. The van der Waals surface area contributed by atoms with Gasteiger partial charge in [0, 0.05) is 36.4 Å². The second-order valence-corrected chi connectivity index (χ2v) is 8.75. The smallest absolute Gasteiger partial charge is 0.185 e. The topological polar surface area (TPSA) is 45.2 Å². The number of anilines is 2. The van der Waals surface area contributed by atoms with E-state index in [0.29, 0.717) is 0 Å². The van der Waals surface area contributed by atoms with Gasteiger partial charge in [0.05, 0.1) is 11.1 Å². The maximum absolute atomic E-state index is 4.70. The highest BCUT2D eigenvalue weighted by Crippen LogP contribution is 2.39. The van der Waals surface area contributed by atoms with Gasteiger partial charge in [-0.05, 0) is 38.2 Å². The summed E-state index contributed by atoms with van der Waals surface area (Å²) in [5, 5.41) is 4.62. The number of rotatable bonds is 2. The van der Waals surface area contributed by atoms with Crippen molar-refractivity contribution in [3.63, 3.8) is 0 Å². The minimum absolute atomic E-state index is 0.995.